The van der Waals surface area contributed by atoms with E-state index in [4.69, 9.17) is 13.8 Å². The molecule has 1 heterocycles. The molecule has 3 rings (SSSR count). The minimum atomic E-state index is -3.39. The molecule has 2 atom stereocenters. The van der Waals surface area contributed by atoms with Gasteiger partial charge in [0.05, 0.1) is 6.42 Å². The monoisotopic (exact) mass is 282 g/mol. The molecule has 19 heavy (non-hydrogen) atoms. The van der Waals surface area contributed by atoms with Crippen molar-refractivity contribution in [2.75, 3.05) is 14.2 Å². The van der Waals surface area contributed by atoms with Crippen molar-refractivity contribution < 1.29 is 23.1 Å². The highest BCUT2D eigenvalue weighted by atomic mass is 31.2. The quantitative estimate of drug-likeness (QED) is 0.627. The van der Waals surface area contributed by atoms with E-state index in [1.807, 2.05) is 30.3 Å². The van der Waals surface area contributed by atoms with E-state index in [-0.39, 0.29) is 12.4 Å². The lowest BCUT2D eigenvalue weighted by molar-refractivity contribution is -0.175. The number of hydrogen-bond donors (Lipinski definition) is 0. The lowest BCUT2D eigenvalue weighted by atomic mass is 10.0. The molecule has 1 aromatic carbocycles. The summed E-state index contributed by atoms with van der Waals surface area (Å²) >= 11 is 0. The molecule has 5 nitrogen and oxygen atoms in total. The molecular formula is C13H15O5P. The fraction of sp³-hybridized carbons (Fsp3) is 0.462. The molecule has 1 aliphatic carbocycles. The van der Waals surface area contributed by atoms with E-state index >= 15 is 0 Å². The number of benzene rings is 1. The maximum absolute atomic E-state index is 12.9. The summed E-state index contributed by atoms with van der Waals surface area (Å²) in [5.41, 5.74) is 0.113. The van der Waals surface area contributed by atoms with Crippen LogP contribution in [0.2, 0.25) is 0 Å². The maximum Gasteiger partial charge on any atom is 0.344 e. The van der Waals surface area contributed by atoms with Crippen LogP contribution in [0.25, 0.3) is 0 Å². The molecule has 0 bridgehead atoms. The number of rotatable bonds is 4. The molecule has 0 N–H and O–H groups in total. The summed E-state index contributed by atoms with van der Waals surface area (Å²) in [5.74, 6) is -0.267. The Morgan fingerprint density at radius 1 is 1.21 bits per heavy atom. The van der Waals surface area contributed by atoms with Crippen LogP contribution < -0.4 is 0 Å². The summed E-state index contributed by atoms with van der Waals surface area (Å²) in [6.45, 7) is 0. The van der Waals surface area contributed by atoms with Gasteiger partial charge in [-0.2, -0.15) is 0 Å². The van der Waals surface area contributed by atoms with Crippen LogP contribution in [0.3, 0.4) is 0 Å². The van der Waals surface area contributed by atoms with Gasteiger partial charge in [0.15, 0.2) is 0 Å². The fourth-order valence-electron chi connectivity index (χ4n) is 3.11. The zero-order chi connectivity index (χ0) is 13.7. The normalized spacial score (nSPS) is 32.8. The van der Waals surface area contributed by atoms with E-state index in [1.165, 1.54) is 14.2 Å². The molecular weight excluding hydrogens is 267 g/mol. The molecule has 1 aromatic rings. The number of esters is 1. The van der Waals surface area contributed by atoms with E-state index in [2.05, 4.69) is 0 Å². The van der Waals surface area contributed by atoms with Crippen LogP contribution in [0.1, 0.15) is 18.4 Å². The van der Waals surface area contributed by atoms with Gasteiger partial charge in [-0.1, -0.05) is 30.3 Å². The molecule has 6 heteroatoms. The van der Waals surface area contributed by atoms with Crippen molar-refractivity contribution in [1.82, 2.24) is 0 Å². The Labute approximate surface area is 111 Å². The number of ether oxygens (including phenoxy) is 1. The Morgan fingerprint density at radius 3 is 2.26 bits per heavy atom. The van der Waals surface area contributed by atoms with Gasteiger partial charge in [0.1, 0.15) is 10.8 Å². The highest BCUT2D eigenvalue weighted by Gasteiger charge is 2.85. The SMILES string of the molecule is COP(=O)(OC)[C@]1(c2ccccc2)C[C@@]12CC(=O)O2. The topological polar surface area (TPSA) is 61.8 Å². The van der Waals surface area contributed by atoms with Crippen molar-refractivity contribution in [1.29, 1.82) is 0 Å². The first-order chi connectivity index (χ1) is 9.03. The third-order valence-corrected chi connectivity index (χ3v) is 6.83. The molecule has 0 unspecified atom stereocenters. The molecule has 2 aliphatic rings. The van der Waals surface area contributed by atoms with Gasteiger partial charge in [-0.15, -0.1) is 0 Å². The highest BCUT2D eigenvalue weighted by molar-refractivity contribution is 7.55. The molecule has 1 spiro atoms. The predicted molar refractivity (Wildman–Crippen MR) is 67.8 cm³/mol. The maximum atomic E-state index is 12.9. The molecule has 1 saturated carbocycles. The predicted octanol–water partition coefficient (Wildman–Crippen LogP) is 2.46. The van der Waals surface area contributed by atoms with Crippen LogP contribution in [0, 0.1) is 0 Å². The van der Waals surface area contributed by atoms with Gasteiger partial charge in [0, 0.05) is 20.6 Å². The highest BCUT2D eigenvalue weighted by Crippen LogP contribution is 2.84. The first kappa shape index (κ1) is 12.9. The Morgan fingerprint density at radius 2 is 1.79 bits per heavy atom. The number of hydrogen-bond acceptors (Lipinski definition) is 5. The van der Waals surface area contributed by atoms with Gasteiger partial charge in [-0.3, -0.25) is 9.36 Å². The van der Waals surface area contributed by atoms with Gasteiger partial charge in [0.25, 0.3) is 0 Å². The van der Waals surface area contributed by atoms with E-state index < -0.39 is 18.4 Å². The van der Waals surface area contributed by atoms with Crippen molar-refractivity contribution in [3.8, 4) is 0 Å². The second-order valence-electron chi connectivity index (χ2n) is 4.91. The summed E-state index contributed by atoms with van der Waals surface area (Å²) < 4.78 is 28.6. The Kier molecular flexibility index (Phi) is 2.65. The summed E-state index contributed by atoms with van der Waals surface area (Å²) in [5, 5.41) is -0.862. The summed E-state index contributed by atoms with van der Waals surface area (Å²) in [4.78, 5) is 11.2. The smallest absolute Gasteiger partial charge is 0.344 e. The summed E-state index contributed by atoms with van der Waals surface area (Å²) in [6, 6.07) is 9.33. The van der Waals surface area contributed by atoms with Gasteiger partial charge in [-0.25, -0.2) is 0 Å². The van der Waals surface area contributed by atoms with Crippen molar-refractivity contribution in [3.63, 3.8) is 0 Å². The zero-order valence-electron chi connectivity index (χ0n) is 10.8. The van der Waals surface area contributed by atoms with Crippen LogP contribution in [0.15, 0.2) is 30.3 Å². The van der Waals surface area contributed by atoms with Crippen molar-refractivity contribution >= 4 is 13.6 Å². The second kappa shape index (κ2) is 3.92. The van der Waals surface area contributed by atoms with Gasteiger partial charge in [0.2, 0.25) is 0 Å². The standard InChI is InChI=1S/C13H15O5P/c1-16-19(15,17-2)13(10-6-4-3-5-7-10)9-12(13)8-11(14)18-12/h3-7H,8-9H2,1-2H3/t12-,13-/m0/s1. The van der Waals surface area contributed by atoms with E-state index in [0.717, 1.165) is 5.56 Å². The third kappa shape index (κ3) is 1.43. The zero-order valence-corrected chi connectivity index (χ0v) is 11.7. The molecule has 102 valence electrons. The molecule has 0 aromatic heterocycles. The average Bonchev–Trinajstić information content (AvgIpc) is 3.10. The van der Waals surface area contributed by atoms with Gasteiger partial charge in [-0.05, 0) is 5.56 Å². The molecule has 0 amide bonds. The Bertz CT molecular complexity index is 554. The minimum Gasteiger partial charge on any atom is -0.457 e. The van der Waals surface area contributed by atoms with Crippen LogP contribution in [-0.2, 0) is 28.3 Å². The van der Waals surface area contributed by atoms with Crippen LogP contribution >= 0.6 is 7.60 Å². The van der Waals surface area contributed by atoms with Crippen molar-refractivity contribution in [2.45, 2.75) is 23.6 Å². The van der Waals surface area contributed by atoms with Crippen LogP contribution in [0.5, 0.6) is 0 Å². The lowest BCUT2D eigenvalue weighted by Gasteiger charge is -2.35. The second-order valence-corrected chi connectivity index (χ2v) is 7.40. The number of carbonyl (C=O) groups excluding carboxylic acids is 1. The lowest BCUT2D eigenvalue weighted by Crippen LogP contribution is -2.42. The van der Waals surface area contributed by atoms with Crippen LogP contribution in [0.4, 0.5) is 0 Å². The first-order valence-corrected chi connectivity index (χ1v) is 7.57. The van der Waals surface area contributed by atoms with Crippen molar-refractivity contribution in [2.24, 2.45) is 0 Å². The third-order valence-electron chi connectivity index (χ3n) is 4.11. The summed E-state index contributed by atoms with van der Waals surface area (Å²) in [7, 11) is -0.660. The van der Waals surface area contributed by atoms with E-state index in [1.54, 1.807) is 0 Å². The molecule has 0 radical (unpaired) electrons. The molecule has 1 saturated heterocycles. The summed E-state index contributed by atoms with van der Waals surface area (Å²) in [6.07, 6.45) is 0.743. The largest absolute Gasteiger partial charge is 0.457 e. The first-order valence-electron chi connectivity index (χ1n) is 6.03. The van der Waals surface area contributed by atoms with Crippen LogP contribution in [-0.4, -0.2) is 25.8 Å². The Balaban J connectivity index is 2.10. The molecule has 2 fully saturated rings. The van der Waals surface area contributed by atoms with E-state index in [9.17, 15) is 9.36 Å². The van der Waals surface area contributed by atoms with Gasteiger partial charge >= 0.3 is 13.6 Å². The average molecular weight is 282 g/mol. The minimum absolute atomic E-state index is 0.263. The fourth-order valence-corrected chi connectivity index (χ4v) is 5.42. The Hall–Kier alpha value is -1.16. The number of carbonyl (C=O) groups is 1. The molecule has 1 aliphatic heterocycles. The van der Waals surface area contributed by atoms with Gasteiger partial charge < -0.3 is 13.8 Å². The van der Waals surface area contributed by atoms with E-state index in [0.29, 0.717) is 6.42 Å². The van der Waals surface area contributed by atoms with Crippen molar-refractivity contribution in [3.05, 3.63) is 35.9 Å².